The third-order valence-corrected chi connectivity index (χ3v) is 3.87. The number of rotatable bonds is 6. The molecule has 0 aliphatic heterocycles. The van der Waals surface area contributed by atoms with E-state index >= 15 is 0 Å². The topological polar surface area (TPSA) is 77.0 Å². The molecule has 0 aliphatic rings. The van der Waals surface area contributed by atoms with Crippen LogP contribution in [0.15, 0.2) is 47.6 Å². The minimum Gasteiger partial charge on any atom is -0.465 e. The molecule has 25 heavy (non-hydrogen) atoms. The van der Waals surface area contributed by atoms with Crippen LogP contribution in [0.5, 0.6) is 0 Å². The van der Waals surface area contributed by atoms with Crippen molar-refractivity contribution in [2.75, 3.05) is 19.0 Å². The lowest BCUT2D eigenvalue weighted by Crippen LogP contribution is -2.17. The maximum absolute atomic E-state index is 11.8. The van der Waals surface area contributed by atoms with Crippen molar-refractivity contribution in [1.82, 2.24) is 0 Å². The number of hydrogen-bond acceptors (Lipinski definition) is 5. The average molecular weight is 381 g/mol. The molecular weight excluding hydrogens is 367 g/mol. The lowest BCUT2D eigenvalue weighted by molar-refractivity contribution is -0.120. The highest BCUT2D eigenvalue weighted by Crippen LogP contribution is 2.24. The number of hydrogen-bond donors (Lipinski definition) is 1. The van der Waals surface area contributed by atoms with Crippen LogP contribution in [0, 0.1) is 0 Å². The largest absolute Gasteiger partial charge is 0.465 e. The number of benzene rings is 2. The van der Waals surface area contributed by atoms with Gasteiger partial charge in [-0.25, -0.2) is 4.79 Å². The second kappa shape index (κ2) is 9.05. The molecule has 6 nitrogen and oxygen atoms in total. The number of halogens is 2. The molecule has 130 valence electrons. The molecule has 0 fully saturated rings. The fourth-order valence-corrected chi connectivity index (χ4v) is 2.17. The first-order valence-electron chi connectivity index (χ1n) is 7.09. The highest BCUT2D eigenvalue weighted by molar-refractivity contribution is 6.43. The summed E-state index contributed by atoms with van der Waals surface area (Å²) in [4.78, 5) is 28.0. The van der Waals surface area contributed by atoms with E-state index in [9.17, 15) is 9.59 Å². The van der Waals surface area contributed by atoms with Gasteiger partial charge in [0.15, 0.2) is 6.61 Å². The molecule has 0 heterocycles. The van der Waals surface area contributed by atoms with E-state index in [1.165, 1.54) is 13.3 Å². The SMILES string of the molecule is COC(=O)c1ccc(NC(=O)CO/N=C\c2cccc(Cl)c2Cl)cc1. The molecule has 0 aromatic heterocycles. The monoisotopic (exact) mass is 380 g/mol. The van der Waals surface area contributed by atoms with Gasteiger partial charge >= 0.3 is 5.97 Å². The summed E-state index contributed by atoms with van der Waals surface area (Å²) in [7, 11) is 1.30. The van der Waals surface area contributed by atoms with Crippen molar-refractivity contribution in [3.8, 4) is 0 Å². The smallest absolute Gasteiger partial charge is 0.337 e. The number of carbonyl (C=O) groups excluding carboxylic acids is 2. The molecule has 0 spiro atoms. The van der Waals surface area contributed by atoms with Crippen LogP contribution in [0.3, 0.4) is 0 Å². The summed E-state index contributed by atoms with van der Waals surface area (Å²) >= 11 is 11.9. The van der Waals surface area contributed by atoms with Crippen LogP contribution in [0.2, 0.25) is 10.0 Å². The molecule has 8 heteroatoms. The van der Waals surface area contributed by atoms with Crippen molar-refractivity contribution in [3.05, 3.63) is 63.6 Å². The van der Waals surface area contributed by atoms with Crippen molar-refractivity contribution in [3.63, 3.8) is 0 Å². The summed E-state index contributed by atoms with van der Waals surface area (Å²) in [6.07, 6.45) is 1.37. The first-order chi connectivity index (χ1) is 12.0. The van der Waals surface area contributed by atoms with E-state index in [4.69, 9.17) is 28.0 Å². The Bertz CT molecular complexity index is 792. The van der Waals surface area contributed by atoms with Gasteiger partial charge in [0.1, 0.15) is 0 Å². The van der Waals surface area contributed by atoms with Crippen LogP contribution < -0.4 is 5.32 Å². The van der Waals surface area contributed by atoms with E-state index in [0.717, 1.165) is 0 Å². The Labute approximate surface area is 154 Å². The van der Waals surface area contributed by atoms with E-state index < -0.39 is 11.9 Å². The molecule has 1 N–H and O–H groups in total. The Morgan fingerprint density at radius 1 is 1.16 bits per heavy atom. The van der Waals surface area contributed by atoms with Crippen molar-refractivity contribution in [2.24, 2.45) is 5.16 Å². The highest BCUT2D eigenvalue weighted by Gasteiger charge is 2.07. The number of nitrogens with one attached hydrogen (secondary N) is 1. The standard InChI is InChI=1S/C17H14Cl2N2O4/c1-24-17(23)11-5-7-13(8-6-11)21-15(22)10-25-20-9-12-3-2-4-14(18)16(12)19/h2-9H,10H2,1H3,(H,21,22)/b20-9-. The molecule has 0 atom stereocenters. The number of esters is 1. The highest BCUT2D eigenvalue weighted by atomic mass is 35.5. The van der Waals surface area contributed by atoms with Gasteiger partial charge in [0.25, 0.3) is 5.91 Å². The lowest BCUT2D eigenvalue weighted by Gasteiger charge is -2.05. The van der Waals surface area contributed by atoms with E-state index in [2.05, 4.69) is 15.2 Å². The van der Waals surface area contributed by atoms with E-state index in [1.807, 2.05) is 0 Å². The maximum Gasteiger partial charge on any atom is 0.337 e. The third kappa shape index (κ3) is 5.48. The fourth-order valence-electron chi connectivity index (χ4n) is 1.81. The summed E-state index contributed by atoms with van der Waals surface area (Å²) < 4.78 is 4.60. The molecule has 2 aromatic rings. The summed E-state index contributed by atoms with van der Waals surface area (Å²) in [6.45, 7) is -0.284. The molecular formula is C17H14Cl2N2O4. The van der Waals surface area contributed by atoms with Gasteiger partial charge in [-0.05, 0) is 30.3 Å². The van der Waals surface area contributed by atoms with Crippen LogP contribution in [-0.2, 0) is 14.4 Å². The summed E-state index contributed by atoms with van der Waals surface area (Å²) in [5.41, 5.74) is 1.48. The fraction of sp³-hybridized carbons (Fsp3) is 0.118. The molecule has 0 unspecified atom stereocenters. The molecule has 2 aromatic carbocycles. The van der Waals surface area contributed by atoms with E-state index in [-0.39, 0.29) is 6.61 Å². The number of methoxy groups -OCH3 is 1. The van der Waals surface area contributed by atoms with Crippen molar-refractivity contribution < 1.29 is 19.2 Å². The molecule has 0 aliphatic carbocycles. The van der Waals surface area contributed by atoms with Crippen LogP contribution in [0.1, 0.15) is 15.9 Å². The number of anilines is 1. The Morgan fingerprint density at radius 3 is 2.56 bits per heavy atom. The zero-order chi connectivity index (χ0) is 18.2. The van der Waals surface area contributed by atoms with Crippen LogP contribution in [-0.4, -0.2) is 31.8 Å². The molecule has 0 saturated heterocycles. The van der Waals surface area contributed by atoms with Gasteiger partial charge < -0.3 is 14.9 Å². The Morgan fingerprint density at radius 2 is 1.88 bits per heavy atom. The van der Waals surface area contributed by atoms with Crippen molar-refractivity contribution in [1.29, 1.82) is 0 Å². The minimum atomic E-state index is -0.449. The predicted molar refractivity (Wildman–Crippen MR) is 96.4 cm³/mol. The third-order valence-electron chi connectivity index (χ3n) is 3.03. The second-order valence-electron chi connectivity index (χ2n) is 4.77. The summed E-state index contributed by atoms with van der Waals surface area (Å²) in [5, 5.41) is 7.05. The summed E-state index contributed by atoms with van der Waals surface area (Å²) in [5.74, 6) is -0.851. The number of nitrogens with zero attached hydrogens (tertiary/aromatic N) is 1. The van der Waals surface area contributed by atoms with Gasteiger partial charge in [-0.1, -0.05) is 40.5 Å². The van der Waals surface area contributed by atoms with Gasteiger partial charge in [-0.2, -0.15) is 0 Å². The molecule has 0 saturated carbocycles. The molecule has 0 bridgehead atoms. The molecule has 2 rings (SSSR count). The van der Waals surface area contributed by atoms with Gasteiger partial charge in [0.2, 0.25) is 0 Å². The zero-order valence-corrected chi connectivity index (χ0v) is 14.7. The average Bonchev–Trinajstić information content (AvgIpc) is 2.62. The Balaban J connectivity index is 1.83. The van der Waals surface area contributed by atoms with Gasteiger partial charge in [0, 0.05) is 11.3 Å². The quantitative estimate of drug-likeness (QED) is 0.470. The second-order valence-corrected chi connectivity index (χ2v) is 5.55. The summed E-state index contributed by atoms with van der Waals surface area (Å²) in [6, 6.07) is 11.3. The number of amides is 1. The van der Waals surface area contributed by atoms with Crippen LogP contribution >= 0.6 is 23.2 Å². The predicted octanol–water partition coefficient (Wildman–Crippen LogP) is 3.77. The Hall–Kier alpha value is -2.57. The first kappa shape index (κ1) is 18.8. The first-order valence-corrected chi connectivity index (χ1v) is 7.84. The van der Waals surface area contributed by atoms with Crippen molar-refractivity contribution in [2.45, 2.75) is 0 Å². The van der Waals surface area contributed by atoms with E-state index in [1.54, 1.807) is 42.5 Å². The molecule has 1 amide bonds. The molecule has 0 radical (unpaired) electrons. The minimum absolute atomic E-state index is 0.284. The van der Waals surface area contributed by atoms with Gasteiger partial charge in [-0.3, -0.25) is 4.79 Å². The van der Waals surface area contributed by atoms with E-state index in [0.29, 0.717) is 26.9 Å². The number of oxime groups is 1. The zero-order valence-electron chi connectivity index (χ0n) is 13.2. The maximum atomic E-state index is 11.8. The lowest BCUT2D eigenvalue weighted by atomic mass is 10.2. The van der Waals surface area contributed by atoms with Crippen molar-refractivity contribution >= 4 is 47.0 Å². The van der Waals surface area contributed by atoms with Crippen LogP contribution in [0.25, 0.3) is 0 Å². The Kier molecular flexibility index (Phi) is 6.80. The number of carbonyl (C=O) groups is 2. The van der Waals surface area contributed by atoms with Gasteiger partial charge in [0.05, 0.1) is 28.9 Å². The number of ether oxygens (including phenoxy) is 1. The van der Waals surface area contributed by atoms with Gasteiger partial charge in [-0.15, -0.1) is 0 Å². The van der Waals surface area contributed by atoms with Crippen LogP contribution in [0.4, 0.5) is 5.69 Å². The normalized spacial score (nSPS) is 10.5.